The number of nitrogens with zero attached hydrogens (tertiary/aromatic N) is 1. The second-order valence-electron chi connectivity index (χ2n) is 4.85. The molecule has 0 fully saturated rings. The zero-order valence-electron chi connectivity index (χ0n) is 12.4. The fraction of sp³-hybridized carbons (Fsp3) is 0.467. The van der Waals surface area contributed by atoms with Crippen molar-refractivity contribution in [3.05, 3.63) is 23.8 Å². The lowest BCUT2D eigenvalue weighted by molar-refractivity contribution is 0.161. The zero-order valence-corrected chi connectivity index (χ0v) is 13.3. The number of hydrogen-bond acceptors (Lipinski definition) is 4. The number of benzene rings is 1. The van der Waals surface area contributed by atoms with Gasteiger partial charge in [0.1, 0.15) is 5.84 Å². The topological polar surface area (TPSA) is 62.7 Å². The van der Waals surface area contributed by atoms with E-state index in [0.29, 0.717) is 6.61 Å². The van der Waals surface area contributed by atoms with Gasteiger partial charge in [0.25, 0.3) is 0 Å². The van der Waals surface area contributed by atoms with E-state index in [1.54, 1.807) is 0 Å². The number of anilines is 2. The Morgan fingerprint density at radius 2 is 2.24 bits per heavy atom. The summed E-state index contributed by atoms with van der Waals surface area (Å²) in [5.74, 6) is 1.04. The third-order valence-corrected chi connectivity index (χ3v) is 3.06. The molecule has 2 rings (SSSR count). The van der Waals surface area contributed by atoms with Crippen molar-refractivity contribution in [1.29, 1.82) is 0 Å². The Labute approximate surface area is 131 Å². The molecule has 6 heteroatoms. The summed E-state index contributed by atoms with van der Waals surface area (Å²) in [7, 11) is 0. The molecule has 1 amide bonds. The number of aliphatic imine (C=N–C) groups is 1. The molecule has 0 aliphatic carbocycles. The predicted molar refractivity (Wildman–Crippen MR) is 88.8 cm³/mol. The molecule has 1 aliphatic heterocycles. The van der Waals surface area contributed by atoms with Gasteiger partial charge in [-0.05, 0) is 43.5 Å². The maximum Gasteiger partial charge on any atom is 0.411 e. The maximum atomic E-state index is 11.5. The molecule has 5 nitrogen and oxygen atoms in total. The molecule has 1 heterocycles. The van der Waals surface area contributed by atoms with Gasteiger partial charge in [-0.15, -0.1) is 12.4 Å². The Bertz CT molecular complexity index is 518. The molecule has 0 unspecified atom stereocenters. The van der Waals surface area contributed by atoms with Crippen LogP contribution in [0.5, 0.6) is 0 Å². The van der Waals surface area contributed by atoms with Crippen LogP contribution in [0.25, 0.3) is 0 Å². The number of amidine groups is 1. The number of amides is 1. The van der Waals surface area contributed by atoms with E-state index < -0.39 is 6.09 Å². The second-order valence-corrected chi connectivity index (χ2v) is 4.85. The van der Waals surface area contributed by atoms with Crippen LogP contribution in [-0.2, 0) is 4.74 Å². The molecule has 0 spiro atoms. The lowest BCUT2D eigenvalue weighted by Gasteiger charge is -2.12. The first kappa shape index (κ1) is 17.3. The van der Waals surface area contributed by atoms with E-state index in [9.17, 15) is 4.79 Å². The number of hydrogen-bond donors (Lipinski definition) is 2. The Hall–Kier alpha value is -1.75. The first-order valence-corrected chi connectivity index (χ1v) is 7.04. The third-order valence-electron chi connectivity index (χ3n) is 3.06. The van der Waals surface area contributed by atoms with E-state index >= 15 is 0 Å². The Kier molecular flexibility index (Phi) is 7.02. The van der Waals surface area contributed by atoms with Crippen LogP contribution >= 0.6 is 12.4 Å². The summed E-state index contributed by atoms with van der Waals surface area (Å²) in [4.78, 5) is 15.9. The van der Waals surface area contributed by atoms with Crippen LogP contribution in [-0.4, -0.2) is 25.1 Å². The summed E-state index contributed by atoms with van der Waals surface area (Å²) < 4.78 is 4.99. The summed E-state index contributed by atoms with van der Waals surface area (Å²) in [6, 6.07) is 5.73. The van der Waals surface area contributed by atoms with Gasteiger partial charge in [-0.3, -0.25) is 10.3 Å². The van der Waals surface area contributed by atoms with Gasteiger partial charge in [-0.1, -0.05) is 6.92 Å². The molecule has 2 N–H and O–H groups in total. The highest BCUT2D eigenvalue weighted by Crippen LogP contribution is 2.21. The lowest BCUT2D eigenvalue weighted by atomic mass is 10.1. The van der Waals surface area contributed by atoms with Crippen LogP contribution in [0.3, 0.4) is 0 Å². The van der Waals surface area contributed by atoms with Gasteiger partial charge in [0.05, 0.1) is 6.61 Å². The predicted octanol–water partition coefficient (Wildman–Crippen LogP) is 3.98. The van der Waals surface area contributed by atoms with Crippen LogP contribution in [0.2, 0.25) is 0 Å². The number of halogens is 1. The number of rotatable bonds is 4. The van der Waals surface area contributed by atoms with E-state index in [1.165, 1.54) is 0 Å². The number of nitrogens with one attached hydrogen (secondary N) is 2. The van der Waals surface area contributed by atoms with Crippen molar-refractivity contribution in [1.82, 2.24) is 0 Å². The fourth-order valence-electron chi connectivity index (χ4n) is 2.03. The monoisotopic (exact) mass is 311 g/mol. The highest BCUT2D eigenvalue weighted by molar-refractivity contribution is 5.97. The maximum absolute atomic E-state index is 11.5. The van der Waals surface area contributed by atoms with Crippen molar-refractivity contribution in [2.75, 3.05) is 23.8 Å². The van der Waals surface area contributed by atoms with E-state index in [-0.39, 0.29) is 12.4 Å². The summed E-state index contributed by atoms with van der Waals surface area (Å²) >= 11 is 0. The number of carbonyl (C=O) groups excluding carboxylic acids is 1. The van der Waals surface area contributed by atoms with E-state index in [1.807, 2.05) is 32.0 Å². The first-order chi connectivity index (χ1) is 9.69. The molecule has 0 bridgehead atoms. The van der Waals surface area contributed by atoms with Gasteiger partial charge in [0.2, 0.25) is 0 Å². The number of aryl methyl sites for hydroxylation is 1. The minimum absolute atomic E-state index is 0. The van der Waals surface area contributed by atoms with Crippen LogP contribution in [0.15, 0.2) is 23.2 Å². The average Bonchev–Trinajstić information content (AvgIpc) is 2.92. The second kappa shape index (κ2) is 8.52. The Morgan fingerprint density at radius 1 is 1.43 bits per heavy atom. The SMILES string of the molecule is CCCOC(=O)Nc1ccc(NC2=NCCC2)c(C)c1.Cl. The molecular formula is C15H22ClN3O2. The van der Waals surface area contributed by atoms with E-state index in [2.05, 4.69) is 15.6 Å². The molecule has 1 aromatic rings. The van der Waals surface area contributed by atoms with Crippen LogP contribution in [0, 0.1) is 6.92 Å². The van der Waals surface area contributed by atoms with Crippen molar-refractivity contribution in [2.24, 2.45) is 4.99 Å². The molecule has 21 heavy (non-hydrogen) atoms. The summed E-state index contributed by atoms with van der Waals surface area (Å²) in [6.45, 7) is 5.30. The molecule has 116 valence electrons. The lowest BCUT2D eigenvalue weighted by Crippen LogP contribution is -2.14. The van der Waals surface area contributed by atoms with Crippen LogP contribution in [0.4, 0.5) is 16.2 Å². The van der Waals surface area contributed by atoms with Crippen LogP contribution < -0.4 is 10.6 Å². The number of carbonyl (C=O) groups is 1. The van der Waals surface area contributed by atoms with E-state index in [4.69, 9.17) is 4.74 Å². The summed E-state index contributed by atoms with van der Waals surface area (Å²) in [5.41, 5.74) is 2.83. The van der Waals surface area contributed by atoms with Gasteiger partial charge >= 0.3 is 6.09 Å². The molecule has 1 aromatic carbocycles. The summed E-state index contributed by atoms with van der Waals surface area (Å²) in [5, 5.41) is 6.05. The summed E-state index contributed by atoms with van der Waals surface area (Å²) in [6.07, 6.45) is 2.52. The minimum atomic E-state index is -0.410. The normalized spacial score (nSPS) is 13.1. The quantitative estimate of drug-likeness (QED) is 0.884. The highest BCUT2D eigenvalue weighted by Gasteiger charge is 2.09. The van der Waals surface area contributed by atoms with E-state index in [0.717, 1.165) is 48.6 Å². The Morgan fingerprint density at radius 3 is 2.86 bits per heavy atom. The fourth-order valence-corrected chi connectivity index (χ4v) is 2.03. The van der Waals surface area contributed by atoms with Crippen molar-refractivity contribution in [3.63, 3.8) is 0 Å². The van der Waals surface area contributed by atoms with Gasteiger partial charge in [-0.25, -0.2) is 4.79 Å². The smallest absolute Gasteiger partial charge is 0.411 e. The molecule has 0 saturated carbocycles. The van der Waals surface area contributed by atoms with Gasteiger partial charge < -0.3 is 10.1 Å². The zero-order chi connectivity index (χ0) is 14.4. The highest BCUT2D eigenvalue weighted by atomic mass is 35.5. The van der Waals surface area contributed by atoms with Crippen molar-refractivity contribution >= 4 is 35.7 Å². The Balaban J connectivity index is 0.00000220. The van der Waals surface area contributed by atoms with Gasteiger partial charge in [-0.2, -0.15) is 0 Å². The molecule has 0 atom stereocenters. The first-order valence-electron chi connectivity index (χ1n) is 7.04. The average molecular weight is 312 g/mol. The molecular weight excluding hydrogens is 290 g/mol. The third kappa shape index (κ3) is 5.27. The largest absolute Gasteiger partial charge is 0.449 e. The molecule has 0 saturated heterocycles. The van der Waals surface area contributed by atoms with Gasteiger partial charge in [0.15, 0.2) is 0 Å². The minimum Gasteiger partial charge on any atom is -0.449 e. The van der Waals surface area contributed by atoms with Crippen molar-refractivity contribution in [3.8, 4) is 0 Å². The van der Waals surface area contributed by atoms with Crippen LogP contribution in [0.1, 0.15) is 31.7 Å². The molecule has 0 aromatic heterocycles. The van der Waals surface area contributed by atoms with Gasteiger partial charge in [0, 0.05) is 24.3 Å². The van der Waals surface area contributed by atoms with Crippen molar-refractivity contribution < 1.29 is 9.53 Å². The van der Waals surface area contributed by atoms with Crippen molar-refractivity contribution in [2.45, 2.75) is 33.1 Å². The number of ether oxygens (including phenoxy) is 1. The molecule has 1 aliphatic rings. The standard InChI is InChI=1S/C15H21N3O2.ClH/c1-3-9-20-15(19)17-12-6-7-13(11(2)10-12)18-14-5-4-8-16-14;/h6-7,10H,3-5,8-9H2,1-2H3,(H,16,18)(H,17,19);1H. The molecule has 0 radical (unpaired) electrons.